The summed E-state index contributed by atoms with van der Waals surface area (Å²) in [7, 11) is 0. The number of fused-ring (bicyclic) bond motifs is 1. The standard InChI is InChI=1S/C26H24N6O4/c33-24(28-20-11-12-22-17(13-20)15-27-31-22)23-14-21(36-26(35)30-19-9-5-2-6-10-19)16-32(23)25(34)29-18-7-3-1-4-8-18/h1-13,15,21,23H,14,16H2,(H,27,31)(H,28,33)(H,29,34)(H,30,35)/t21-,23-/m1/s1. The summed E-state index contributed by atoms with van der Waals surface area (Å²) in [4.78, 5) is 40.2. The first-order valence-electron chi connectivity index (χ1n) is 11.4. The Morgan fingerprint density at radius 3 is 2.28 bits per heavy atom. The van der Waals surface area contributed by atoms with Gasteiger partial charge in [0.15, 0.2) is 0 Å². The number of nitrogens with one attached hydrogen (secondary N) is 4. The summed E-state index contributed by atoms with van der Waals surface area (Å²) in [6, 6.07) is 21.9. The molecule has 2 atom stereocenters. The summed E-state index contributed by atoms with van der Waals surface area (Å²) in [5.41, 5.74) is 2.60. The number of hydrogen-bond donors (Lipinski definition) is 4. The van der Waals surface area contributed by atoms with E-state index in [2.05, 4.69) is 26.1 Å². The highest BCUT2D eigenvalue weighted by Crippen LogP contribution is 2.25. The van der Waals surface area contributed by atoms with Gasteiger partial charge in [-0.25, -0.2) is 9.59 Å². The fraction of sp³-hybridized carbons (Fsp3) is 0.154. The van der Waals surface area contributed by atoms with E-state index in [1.807, 2.05) is 18.2 Å². The van der Waals surface area contributed by atoms with Crippen molar-refractivity contribution in [2.75, 3.05) is 22.5 Å². The van der Waals surface area contributed by atoms with Crippen LogP contribution >= 0.6 is 0 Å². The summed E-state index contributed by atoms with van der Waals surface area (Å²) in [6.07, 6.45) is 0.503. The van der Waals surface area contributed by atoms with Gasteiger partial charge in [-0.2, -0.15) is 5.10 Å². The number of H-pyrrole nitrogens is 1. The molecule has 5 rings (SSSR count). The molecule has 182 valence electrons. The smallest absolute Gasteiger partial charge is 0.411 e. The van der Waals surface area contributed by atoms with Gasteiger partial charge in [-0.15, -0.1) is 0 Å². The summed E-state index contributed by atoms with van der Waals surface area (Å²) in [6.45, 7) is 0.0692. The predicted molar refractivity (Wildman–Crippen MR) is 136 cm³/mol. The van der Waals surface area contributed by atoms with E-state index >= 15 is 0 Å². The number of carbonyl (C=O) groups excluding carboxylic acids is 3. The Morgan fingerprint density at radius 1 is 0.861 bits per heavy atom. The number of aromatic amines is 1. The van der Waals surface area contributed by atoms with Crippen molar-refractivity contribution in [2.24, 2.45) is 0 Å². The number of para-hydroxylation sites is 2. The molecule has 0 unspecified atom stereocenters. The topological polar surface area (TPSA) is 128 Å². The van der Waals surface area contributed by atoms with Crippen LogP contribution in [0.5, 0.6) is 0 Å². The lowest BCUT2D eigenvalue weighted by Gasteiger charge is -2.24. The molecule has 3 aromatic carbocycles. The third kappa shape index (κ3) is 5.27. The third-order valence-corrected chi connectivity index (χ3v) is 5.85. The molecule has 0 radical (unpaired) electrons. The van der Waals surface area contributed by atoms with E-state index in [0.717, 1.165) is 10.9 Å². The van der Waals surface area contributed by atoms with Crippen molar-refractivity contribution in [3.05, 3.63) is 85.1 Å². The molecule has 0 spiro atoms. The molecule has 1 aromatic heterocycles. The molecule has 10 nitrogen and oxygen atoms in total. The number of likely N-dealkylation sites (tertiary alicyclic amines) is 1. The number of benzene rings is 3. The normalized spacial score (nSPS) is 16.9. The summed E-state index contributed by atoms with van der Waals surface area (Å²) in [5, 5.41) is 16.0. The lowest BCUT2D eigenvalue weighted by atomic mass is 10.1. The van der Waals surface area contributed by atoms with Crippen LogP contribution in [0.2, 0.25) is 0 Å². The number of urea groups is 1. The molecule has 4 aromatic rings. The zero-order chi connectivity index (χ0) is 24.9. The molecule has 0 aliphatic carbocycles. The molecule has 1 fully saturated rings. The monoisotopic (exact) mass is 484 g/mol. The van der Waals surface area contributed by atoms with Gasteiger partial charge in [-0.05, 0) is 42.5 Å². The Labute approximate surface area is 206 Å². The van der Waals surface area contributed by atoms with Gasteiger partial charge in [0, 0.05) is 28.9 Å². The van der Waals surface area contributed by atoms with Gasteiger partial charge in [0.2, 0.25) is 5.91 Å². The number of aromatic nitrogens is 2. The second-order valence-corrected chi connectivity index (χ2v) is 8.38. The minimum Gasteiger partial charge on any atom is -0.444 e. The molecule has 1 aliphatic heterocycles. The Balaban J connectivity index is 1.30. The highest BCUT2D eigenvalue weighted by molar-refractivity contribution is 6.00. The van der Waals surface area contributed by atoms with Gasteiger partial charge in [0.05, 0.1) is 18.3 Å². The van der Waals surface area contributed by atoms with Crippen molar-refractivity contribution < 1.29 is 19.1 Å². The minimum atomic E-state index is -0.844. The van der Waals surface area contributed by atoms with Crippen LogP contribution in [0, 0.1) is 0 Å². The Bertz CT molecular complexity index is 1370. The number of rotatable bonds is 5. The molecule has 4 N–H and O–H groups in total. The largest absolute Gasteiger partial charge is 0.444 e. The van der Waals surface area contributed by atoms with Gasteiger partial charge in [0.1, 0.15) is 12.1 Å². The van der Waals surface area contributed by atoms with Crippen LogP contribution in [0.25, 0.3) is 10.9 Å². The summed E-state index contributed by atoms with van der Waals surface area (Å²) < 4.78 is 5.56. The zero-order valence-electron chi connectivity index (χ0n) is 19.2. The average Bonchev–Trinajstić information content (AvgIpc) is 3.52. The van der Waals surface area contributed by atoms with Gasteiger partial charge < -0.3 is 20.3 Å². The number of ether oxygens (including phenoxy) is 1. The van der Waals surface area contributed by atoms with Crippen molar-refractivity contribution in [1.29, 1.82) is 0 Å². The number of nitrogens with zero attached hydrogens (tertiary/aromatic N) is 2. The van der Waals surface area contributed by atoms with Crippen LogP contribution in [-0.2, 0) is 9.53 Å². The maximum absolute atomic E-state index is 13.3. The van der Waals surface area contributed by atoms with E-state index in [0.29, 0.717) is 17.1 Å². The maximum Gasteiger partial charge on any atom is 0.411 e. The fourth-order valence-electron chi connectivity index (χ4n) is 4.14. The van der Waals surface area contributed by atoms with Crippen molar-refractivity contribution >= 4 is 46.0 Å². The van der Waals surface area contributed by atoms with E-state index in [1.165, 1.54) is 4.90 Å². The molecule has 1 aliphatic rings. The number of amides is 4. The average molecular weight is 485 g/mol. The van der Waals surface area contributed by atoms with Crippen LogP contribution in [-0.4, -0.2) is 51.8 Å². The highest BCUT2D eigenvalue weighted by Gasteiger charge is 2.41. The van der Waals surface area contributed by atoms with Crippen LogP contribution in [0.3, 0.4) is 0 Å². The van der Waals surface area contributed by atoms with E-state index < -0.39 is 24.3 Å². The number of carbonyl (C=O) groups is 3. The van der Waals surface area contributed by atoms with Crippen molar-refractivity contribution in [3.63, 3.8) is 0 Å². The second kappa shape index (κ2) is 10.2. The summed E-state index contributed by atoms with van der Waals surface area (Å²) in [5.74, 6) is -0.379. The number of hydrogen-bond acceptors (Lipinski definition) is 5. The van der Waals surface area contributed by atoms with Crippen LogP contribution in [0.1, 0.15) is 6.42 Å². The van der Waals surface area contributed by atoms with Crippen molar-refractivity contribution in [3.8, 4) is 0 Å². The highest BCUT2D eigenvalue weighted by atomic mass is 16.6. The van der Waals surface area contributed by atoms with E-state index in [-0.39, 0.29) is 18.9 Å². The second-order valence-electron chi connectivity index (χ2n) is 8.38. The first-order valence-corrected chi connectivity index (χ1v) is 11.4. The van der Waals surface area contributed by atoms with Gasteiger partial charge in [0.25, 0.3) is 0 Å². The first-order chi connectivity index (χ1) is 17.5. The lowest BCUT2D eigenvalue weighted by Crippen LogP contribution is -2.45. The first kappa shape index (κ1) is 22.9. The maximum atomic E-state index is 13.3. The van der Waals surface area contributed by atoms with Gasteiger partial charge in [-0.3, -0.25) is 15.2 Å². The molecule has 36 heavy (non-hydrogen) atoms. The van der Waals surface area contributed by atoms with E-state index in [4.69, 9.17) is 4.74 Å². The quantitative estimate of drug-likeness (QED) is 0.333. The van der Waals surface area contributed by atoms with Crippen molar-refractivity contribution in [2.45, 2.75) is 18.6 Å². The molecule has 1 saturated heterocycles. The van der Waals surface area contributed by atoms with Crippen LogP contribution < -0.4 is 16.0 Å². The zero-order valence-corrected chi connectivity index (χ0v) is 19.2. The third-order valence-electron chi connectivity index (χ3n) is 5.85. The van der Waals surface area contributed by atoms with Gasteiger partial charge in [-0.1, -0.05) is 36.4 Å². The number of anilines is 3. The Hall–Kier alpha value is -4.86. The Morgan fingerprint density at radius 2 is 1.56 bits per heavy atom. The molecule has 0 bridgehead atoms. The molecular formula is C26H24N6O4. The molecule has 10 heteroatoms. The van der Waals surface area contributed by atoms with Crippen LogP contribution in [0.15, 0.2) is 85.1 Å². The lowest BCUT2D eigenvalue weighted by molar-refractivity contribution is -0.119. The fourth-order valence-corrected chi connectivity index (χ4v) is 4.14. The SMILES string of the molecule is O=C(Nc1ccccc1)O[C@@H]1C[C@H](C(=O)Nc2ccc3[nH]ncc3c2)N(C(=O)Nc2ccccc2)C1. The minimum absolute atomic E-state index is 0.0692. The van der Waals surface area contributed by atoms with E-state index in [9.17, 15) is 14.4 Å². The Kier molecular flexibility index (Phi) is 6.48. The molecule has 0 saturated carbocycles. The van der Waals surface area contributed by atoms with Crippen LogP contribution in [0.4, 0.5) is 26.7 Å². The van der Waals surface area contributed by atoms with E-state index in [1.54, 1.807) is 66.9 Å². The molecule has 2 heterocycles. The van der Waals surface area contributed by atoms with Gasteiger partial charge >= 0.3 is 12.1 Å². The molecule has 4 amide bonds. The predicted octanol–water partition coefficient (Wildman–Crippen LogP) is 4.43. The van der Waals surface area contributed by atoms with Crippen molar-refractivity contribution in [1.82, 2.24) is 15.1 Å². The summed E-state index contributed by atoms with van der Waals surface area (Å²) >= 11 is 0. The molecular weight excluding hydrogens is 460 g/mol.